The van der Waals surface area contributed by atoms with E-state index in [9.17, 15) is 9.90 Å². The quantitative estimate of drug-likeness (QED) is 0.654. The lowest BCUT2D eigenvalue weighted by molar-refractivity contribution is -0.0261. The van der Waals surface area contributed by atoms with E-state index >= 15 is 0 Å². The number of pyridine rings is 1. The highest BCUT2D eigenvalue weighted by Crippen LogP contribution is 2.24. The summed E-state index contributed by atoms with van der Waals surface area (Å²) < 4.78 is 7.00. The second-order valence-electron chi connectivity index (χ2n) is 7.37. The number of nitrogens with one attached hydrogen (secondary N) is 1. The molecule has 1 aromatic carbocycles. The summed E-state index contributed by atoms with van der Waals surface area (Å²) in [6.07, 6.45) is 4.04. The van der Waals surface area contributed by atoms with Crippen molar-refractivity contribution in [1.82, 2.24) is 20.1 Å². The summed E-state index contributed by atoms with van der Waals surface area (Å²) in [7, 11) is 0. The first-order chi connectivity index (χ1) is 14.5. The molecule has 3 aromatic rings. The van der Waals surface area contributed by atoms with Gasteiger partial charge in [-0.2, -0.15) is 5.10 Å². The van der Waals surface area contributed by atoms with Crippen LogP contribution in [0.5, 0.6) is 0 Å². The molecule has 2 aromatic heterocycles. The first-order valence-corrected chi connectivity index (χ1v) is 10.2. The number of benzene rings is 1. The molecule has 1 amide bonds. The highest BCUT2D eigenvalue weighted by atomic mass is 35.5. The van der Waals surface area contributed by atoms with Gasteiger partial charge < -0.3 is 15.2 Å². The molecule has 1 saturated heterocycles. The largest absolute Gasteiger partial charge is 0.389 e. The Kier molecular flexibility index (Phi) is 6.13. The smallest absolute Gasteiger partial charge is 0.270 e. The Morgan fingerprint density at radius 3 is 2.87 bits per heavy atom. The summed E-state index contributed by atoms with van der Waals surface area (Å²) in [5.41, 5.74) is 3.74. The van der Waals surface area contributed by atoms with Crippen LogP contribution in [0.1, 0.15) is 33.7 Å². The fraction of sp³-hybridized carbons (Fsp3) is 0.318. The van der Waals surface area contributed by atoms with Crippen molar-refractivity contribution in [3.8, 4) is 5.69 Å². The topological polar surface area (TPSA) is 89.3 Å². The van der Waals surface area contributed by atoms with Gasteiger partial charge in [0, 0.05) is 19.0 Å². The number of aromatic nitrogens is 3. The SMILES string of the molecule is Cc1nc(C(=O)NC2CCOCC2O)cc(Cc2ccc(-n3cccn3)cc2)c1Cl. The van der Waals surface area contributed by atoms with Gasteiger partial charge in [-0.3, -0.25) is 4.79 Å². The lowest BCUT2D eigenvalue weighted by Crippen LogP contribution is -2.48. The number of hydrogen-bond acceptors (Lipinski definition) is 5. The third kappa shape index (κ3) is 4.53. The van der Waals surface area contributed by atoms with E-state index in [1.807, 2.05) is 36.5 Å². The molecule has 7 nitrogen and oxygen atoms in total. The van der Waals surface area contributed by atoms with Gasteiger partial charge in [0.05, 0.1) is 35.2 Å². The molecule has 156 valence electrons. The molecule has 0 bridgehead atoms. The molecule has 0 aliphatic carbocycles. The van der Waals surface area contributed by atoms with E-state index in [-0.39, 0.29) is 18.6 Å². The van der Waals surface area contributed by atoms with Crippen LogP contribution in [0.15, 0.2) is 48.8 Å². The predicted molar refractivity (Wildman–Crippen MR) is 113 cm³/mol. The molecule has 1 aliphatic rings. The van der Waals surface area contributed by atoms with E-state index in [4.69, 9.17) is 16.3 Å². The number of rotatable bonds is 5. The highest BCUT2D eigenvalue weighted by Gasteiger charge is 2.26. The Hall–Kier alpha value is -2.74. The molecule has 2 unspecified atom stereocenters. The van der Waals surface area contributed by atoms with Gasteiger partial charge in [-0.05, 0) is 55.2 Å². The minimum atomic E-state index is -0.719. The summed E-state index contributed by atoms with van der Waals surface area (Å²) in [5, 5.41) is 17.7. The van der Waals surface area contributed by atoms with Crippen molar-refractivity contribution >= 4 is 17.5 Å². The van der Waals surface area contributed by atoms with Gasteiger partial charge in [0.1, 0.15) is 5.69 Å². The second-order valence-corrected chi connectivity index (χ2v) is 7.75. The van der Waals surface area contributed by atoms with Gasteiger partial charge in [0.2, 0.25) is 0 Å². The van der Waals surface area contributed by atoms with Crippen molar-refractivity contribution in [3.63, 3.8) is 0 Å². The van der Waals surface area contributed by atoms with Crippen LogP contribution in [0.3, 0.4) is 0 Å². The summed E-state index contributed by atoms with van der Waals surface area (Å²) in [6, 6.07) is 11.3. The zero-order valence-electron chi connectivity index (χ0n) is 16.6. The third-order valence-electron chi connectivity index (χ3n) is 5.17. The van der Waals surface area contributed by atoms with Crippen LogP contribution < -0.4 is 5.32 Å². The fourth-order valence-corrected chi connectivity index (χ4v) is 3.67. The number of hydrogen-bond donors (Lipinski definition) is 2. The van der Waals surface area contributed by atoms with Crippen LogP contribution in [0.4, 0.5) is 0 Å². The molecular weight excluding hydrogens is 404 g/mol. The van der Waals surface area contributed by atoms with Crippen LogP contribution in [0, 0.1) is 6.92 Å². The molecule has 4 rings (SSSR count). The molecule has 30 heavy (non-hydrogen) atoms. The number of ether oxygens (including phenoxy) is 1. The maximum atomic E-state index is 12.7. The number of aryl methyl sites for hydroxylation is 1. The van der Waals surface area contributed by atoms with Crippen molar-refractivity contribution in [2.75, 3.05) is 13.2 Å². The summed E-state index contributed by atoms with van der Waals surface area (Å²) in [4.78, 5) is 17.1. The van der Waals surface area contributed by atoms with Crippen LogP contribution in [-0.2, 0) is 11.2 Å². The molecular formula is C22H23ClN4O3. The van der Waals surface area contributed by atoms with Gasteiger partial charge in [0.25, 0.3) is 5.91 Å². The van der Waals surface area contributed by atoms with Crippen molar-refractivity contribution < 1.29 is 14.6 Å². The molecule has 8 heteroatoms. The summed E-state index contributed by atoms with van der Waals surface area (Å²) >= 11 is 6.48. The average Bonchev–Trinajstić information content (AvgIpc) is 3.28. The first kappa shape index (κ1) is 20.5. The number of carbonyl (C=O) groups is 1. The van der Waals surface area contributed by atoms with E-state index in [1.165, 1.54) is 0 Å². The number of aliphatic hydroxyl groups excluding tert-OH is 1. The number of carbonyl (C=O) groups excluding carboxylic acids is 1. The van der Waals surface area contributed by atoms with Gasteiger partial charge in [-0.25, -0.2) is 9.67 Å². The Morgan fingerprint density at radius 2 is 2.17 bits per heavy atom. The monoisotopic (exact) mass is 426 g/mol. The Morgan fingerprint density at radius 1 is 1.37 bits per heavy atom. The Balaban J connectivity index is 1.52. The number of aliphatic hydroxyl groups is 1. The Labute approximate surface area is 179 Å². The van der Waals surface area contributed by atoms with Crippen LogP contribution >= 0.6 is 11.6 Å². The van der Waals surface area contributed by atoms with Crippen LogP contribution in [-0.4, -0.2) is 51.1 Å². The van der Waals surface area contributed by atoms with Gasteiger partial charge in [-0.1, -0.05) is 23.7 Å². The molecule has 2 atom stereocenters. The highest BCUT2D eigenvalue weighted by molar-refractivity contribution is 6.32. The zero-order valence-corrected chi connectivity index (χ0v) is 17.3. The molecule has 1 fully saturated rings. The van der Waals surface area contributed by atoms with E-state index in [2.05, 4.69) is 15.4 Å². The van der Waals surface area contributed by atoms with E-state index in [0.29, 0.717) is 35.9 Å². The summed E-state index contributed by atoms with van der Waals surface area (Å²) in [5.74, 6) is -0.323. The minimum absolute atomic E-state index is 0.220. The van der Waals surface area contributed by atoms with E-state index < -0.39 is 6.10 Å². The standard InChI is InChI=1S/C22H23ClN4O3/c1-14-21(23)16(11-15-3-5-17(6-4-15)27-9-2-8-24-27)12-19(25-14)22(29)26-18-7-10-30-13-20(18)28/h2-6,8-9,12,18,20,28H,7,10-11,13H2,1H3,(H,26,29). The number of amides is 1. The van der Waals surface area contributed by atoms with Gasteiger partial charge >= 0.3 is 0 Å². The zero-order chi connectivity index (χ0) is 21.1. The predicted octanol–water partition coefficient (Wildman–Crippen LogP) is 2.70. The van der Waals surface area contributed by atoms with Crippen molar-refractivity contribution in [2.45, 2.75) is 31.9 Å². The number of halogens is 1. The molecule has 0 spiro atoms. The van der Waals surface area contributed by atoms with Crippen LogP contribution in [0.25, 0.3) is 5.69 Å². The maximum Gasteiger partial charge on any atom is 0.270 e. The normalized spacial score (nSPS) is 18.9. The maximum absolute atomic E-state index is 12.7. The third-order valence-corrected chi connectivity index (χ3v) is 5.69. The van der Waals surface area contributed by atoms with Crippen molar-refractivity contribution in [2.24, 2.45) is 0 Å². The first-order valence-electron chi connectivity index (χ1n) is 9.83. The number of nitrogens with zero attached hydrogens (tertiary/aromatic N) is 3. The van der Waals surface area contributed by atoms with Crippen LogP contribution in [0.2, 0.25) is 5.02 Å². The van der Waals surface area contributed by atoms with E-state index in [0.717, 1.165) is 16.8 Å². The fourth-order valence-electron chi connectivity index (χ4n) is 3.51. The van der Waals surface area contributed by atoms with Crippen molar-refractivity contribution in [3.05, 3.63) is 76.3 Å². The van der Waals surface area contributed by atoms with Crippen molar-refractivity contribution in [1.29, 1.82) is 0 Å². The molecule has 1 aliphatic heterocycles. The second kappa shape index (κ2) is 8.95. The van der Waals surface area contributed by atoms with Gasteiger partial charge in [-0.15, -0.1) is 0 Å². The average molecular weight is 427 g/mol. The lowest BCUT2D eigenvalue weighted by Gasteiger charge is -2.28. The molecule has 0 saturated carbocycles. The lowest BCUT2D eigenvalue weighted by atomic mass is 10.0. The molecule has 3 heterocycles. The van der Waals surface area contributed by atoms with Gasteiger partial charge in [0.15, 0.2) is 0 Å². The summed E-state index contributed by atoms with van der Waals surface area (Å²) in [6.45, 7) is 2.51. The Bertz CT molecular complexity index is 1020. The molecule has 2 N–H and O–H groups in total. The van der Waals surface area contributed by atoms with E-state index in [1.54, 1.807) is 23.9 Å². The minimum Gasteiger partial charge on any atom is -0.389 e. The molecule has 0 radical (unpaired) electrons.